The van der Waals surface area contributed by atoms with Gasteiger partial charge in [0.05, 0.1) is 0 Å². The summed E-state index contributed by atoms with van der Waals surface area (Å²) in [6.07, 6.45) is -0.0175. The number of fused-ring (bicyclic) bond motifs is 3. The lowest BCUT2D eigenvalue weighted by Crippen LogP contribution is -2.43. The second-order valence-corrected chi connectivity index (χ2v) is 6.19. The average Bonchev–Trinajstić information content (AvgIpc) is 2.47. The van der Waals surface area contributed by atoms with Crippen LogP contribution in [0.2, 0.25) is 0 Å². The van der Waals surface area contributed by atoms with Gasteiger partial charge in [0, 0.05) is 23.2 Å². The van der Waals surface area contributed by atoms with Gasteiger partial charge in [0.2, 0.25) is 0 Å². The van der Waals surface area contributed by atoms with Crippen LogP contribution in [0.25, 0.3) is 11.1 Å². The third-order valence-corrected chi connectivity index (χ3v) is 4.11. The number of hydrogen-bond acceptors (Lipinski definition) is 2. The van der Waals surface area contributed by atoms with Crippen molar-refractivity contribution < 1.29 is 4.74 Å². The first-order chi connectivity index (χ1) is 10.1. The van der Waals surface area contributed by atoms with Gasteiger partial charge in [-0.15, -0.1) is 0 Å². The van der Waals surface area contributed by atoms with Gasteiger partial charge in [-0.1, -0.05) is 42.5 Å². The molecule has 0 aromatic heterocycles. The largest absolute Gasteiger partial charge is 0.470 e. The number of hydrogen-bond donors (Lipinski definition) is 0. The Morgan fingerprint density at radius 1 is 0.810 bits per heavy atom. The summed E-state index contributed by atoms with van der Waals surface area (Å²) >= 11 is 0. The van der Waals surface area contributed by atoms with E-state index in [1.54, 1.807) is 0 Å². The number of para-hydroxylation sites is 1. The fourth-order valence-corrected chi connectivity index (χ4v) is 3.29. The van der Waals surface area contributed by atoms with E-state index >= 15 is 0 Å². The summed E-state index contributed by atoms with van der Waals surface area (Å²) in [7, 11) is 0. The predicted octanol–water partition coefficient (Wildman–Crippen LogP) is 4.86. The van der Waals surface area contributed by atoms with Gasteiger partial charge in [-0.3, -0.25) is 4.90 Å². The van der Waals surface area contributed by atoms with E-state index in [1.807, 2.05) is 6.07 Å². The first kappa shape index (κ1) is 14.2. The molecule has 0 N–H and O–H groups in total. The first-order valence-electron chi connectivity index (χ1n) is 7.72. The molecule has 1 heterocycles. The van der Waals surface area contributed by atoms with Crippen molar-refractivity contribution in [3.05, 3.63) is 54.1 Å². The SMILES string of the molecule is CC(C)N(C(C)C)C1Oc2ccccc2-c2ccccc21. The highest BCUT2D eigenvalue weighted by Crippen LogP contribution is 2.44. The quantitative estimate of drug-likeness (QED) is 0.796. The number of ether oxygens (including phenoxy) is 1. The van der Waals surface area contributed by atoms with Crippen LogP contribution >= 0.6 is 0 Å². The molecule has 0 bridgehead atoms. The molecule has 2 aromatic rings. The molecule has 0 radical (unpaired) electrons. The molecule has 0 amide bonds. The molecule has 3 rings (SSSR count). The van der Waals surface area contributed by atoms with Crippen molar-refractivity contribution in [3.63, 3.8) is 0 Å². The maximum absolute atomic E-state index is 6.37. The van der Waals surface area contributed by atoms with Crippen molar-refractivity contribution in [1.82, 2.24) is 4.90 Å². The van der Waals surface area contributed by atoms with Crippen LogP contribution in [0.4, 0.5) is 0 Å². The molecule has 2 nitrogen and oxygen atoms in total. The number of nitrogens with zero attached hydrogens (tertiary/aromatic N) is 1. The molecule has 0 spiro atoms. The molecule has 1 atom stereocenters. The second kappa shape index (κ2) is 5.53. The van der Waals surface area contributed by atoms with Gasteiger partial charge in [0.15, 0.2) is 6.23 Å². The minimum absolute atomic E-state index is 0.0175. The van der Waals surface area contributed by atoms with Crippen molar-refractivity contribution in [1.29, 1.82) is 0 Å². The van der Waals surface area contributed by atoms with E-state index in [9.17, 15) is 0 Å². The fourth-order valence-electron chi connectivity index (χ4n) is 3.29. The highest BCUT2D eigenvalue weighted by Gasteiger charge is 2.32. The smallest absolute Gasteiger partial charge is 0.180 e. The van der Waals surface area contributed by atoms with Crippen LogP contribution in [0.5, 0.6) is 5.75 Å². The zero-order valence-electron chi connectivity index (χ0n) is 13.2. The lowest BCUT2D eigenvalue weighted by molar-refractivity contribution is -0.0223. The summed E-state index contributed by atoms with van der Waals surface area (Å²) in [6, 6.07) is 17.8. The zero-order valence-corrected chi connectivity index (χ0v) is 13.2. The molecule has 0 fully saturated rings. The van der Waals surface area contributed by atoms with E-state index < -0.39 is 0 Å². The van der Waals surface area contributed by atoms with Gasteiger partial charge in [-0.25, -0.2) is 0 Å². The van der Waals surface area contributed by atoms with Gasteiger partial charge in [-0.05, 0) is 39.3 Å². The molecule has 0 saturated carbocycles. The molecule has 1 aliphatic rings. The van der Waals surface area contributed by atoms with Crippen molar-refractivity contribution in [2.45, 2.75) is 46.0 Å². The molecule has 110 valence electrons. The molecule has 1 unspecified atom stereocenters. The van der Waals surface area contributed by atoms with Crippen LogP contribution in [0.3, 0.4) is 0 Å². The maximum atomic E-state index is 6.37. The highest BCUT2D eigenvalue weighted by molar-refractivity contribution is 5.75. The van der Waals surface area contributed by atoms with Crippen molar-refractivity contribution >= 4 is 0 Å². The van der Waals surface area contributed by atoms with Gasteiger partial charge >= 0.3 is 0 Å². The lowest BCUT2D eigenvalue weighted by atomic mass is 9.94. The van der Waals surface area contributed by atoms with E-state index in [4.69, 9.17) is 4.74 Å². The minimum Gasteiger partial charge on any atom is -0.470 e. The summed E-state index contributed by atoms with van der Waals surface area (Å²) in [5.41, 5.74) is 3.74. The Hall–Kier alpha value is -1.80. The Balaban J connectivity index is 2.13. The van der Waals surface area contributed by atoms with Crippen LogP contribution in [0.1, 0.15) is 39.5 Å². The van der Waals surface area contributed by atoms with Crippen LogP contribution in [0.15, 0.2) is 48.5 Å². The van der Waals surface area contributed by atoms with E-state index in [0.717, 1.165) is 5.75 Å². The molecule has 2 aromatic carbocycles. The van der Waals surface area contributed by atoms with Crippen LogP contribution in [-0.4, -0.2) is 17.0 Å². The number of rotatable bonds is 3. The maximum Gasteiger partial charge on any atom is 0.180 e. The molecular formula is C19H23NO. The fraction of sp³-hybridized carbons (Fsp3) is 0.368. The van der Waals surface area contributed by atoms with Crippen molar-refractivity contribution in [2.75, 3.05) is 0 Å². The van der Waals surface area contributed by atoms with E-state index in [-0.39, 0.29) is 6.23 Å². The second-order valence-electron chi connectivity index (χ2n) is 6.19. The Kier molecular flexibility index (Phi) is 3.73. The summed E-state index contributed by atoms with van der Waals surface area (Å²) in [5.74, 6) is 0.979. The third kappa shape index (κ3) is 2.44. The topological polar surface area (TPSA) is 12.5 Å². The Morgan fingerprint density at radius 3 is 2.05 bits per heavy atom. The number of benzene rings is 2. The van der Waals surface area contributed by atoms with Crippen molar-refractivity contribution in [3.8, 4) is 16.9 Å². The molecule has 0 saturated heterocycles. The monoisotopic (exact) mass is 281 g/mol. The summed E-state index contributed by atoms with van der Waals surface area (Å²) in [6.45, 7) is 8.91. The van der Waals surface area contributed by atoms with Gasteiger partial charge in [-0.2, -0.15) is 0 Å². The van der Waals surface area contributed by atoms with Crippen LogP contribution in [-0.2, 0) is 0 Å². The van der Waals surface area contributed by atoms with E-state index in [1.165, 1.54) is 16.7 Å². The Bertz CT molecular complexity index is 625. The van der Waals surface area contributed by atoms with E-state index in [0.29, 0.717) is 12.1 Å². The Morgan fingerprint density at radius 2 is 1.38 bits per heavy atom. The van der Waals surface area contributed by atoms with Crippen LogP contribution in [0, 0.1) is 0 Å². The standard InChI is InChI=1S/C19H23NO/c1-13(2)20(14(3)4)19-17-11-6-5-9-15(17)16-10-7-8-12-18(16)21-19/h5-14,19H,1-4H3. The van der Waals surface area contributed by atoms with Gasteiger partial charge < -0.3 is 4.74 Å². The summed E-state index contributed by atoms with van der Waals surface area (Å²) in [5, 5.41) is 0. The molecule has 1 aliphatic heterocycles. The normalized spacial score (nSPS) is 16.8. The first-order valence-corrected chi connectivity index (χ1v) is 7.72. The molecular weight excluding hydrogens is 258 g/mol. The van der Waals surface area contributed by atoms with E-state index in [2.05, 4.69) is 75.1 Å². The minimum atomic E-state index is -0.0175. The van der Waals surface area contributed by atoms with Gasteiger partial charge in [0.1, 0.15) is 5.75 Å². The zero-order chi connectivity index (χ0) is 15.0. The molecule has 2 heteroatoms. The predicted molar refractivity (Wildman–Crippen MR) is 87.4 cm³/mol. The average molecular weight is 281 g/mol. The van der Waals surface area contributed by atoms with Crippen LogP contribution < -0.4 is 4.74 Å². The van der Waals surface area contributed by atoms with Gasteiger partial charge in [0.25, 0.3) is 0 Å². The highest BCUT2D eigenvalue weighted by atomic mass is 16.5. The lowest BCUT2D eigenvalue weighted by Gasteiger charge is -2.41. The summed E-state index contributed by atoms with van der Waals surface area (Å²) in [4.78, 5) is 2.43. The van der Waals surface area contributed by atoms with Crippen molar-refractivity contribution in [2.24, 2.45) is 0 Å². The summed E-state index contributed by atoms with van der Waals surface area (Å²) < 4.78 is 6.37. The Labute approximate surface area is 127 Å². The molecule has 21 heavy (non-hydrogen) atoms. The third-order valence-electron chi connectivity index (χ3n) is 4.11. The molecule has 0 aliphatic carbocycles.